The van der Waals surface area contributed by atoms with Crippen LogP contribution in [0.3, 0.4) is 0 Å². The van der Waals surface area contributed by atoms with Gasteiger partial charge in [0.15, 0.2) is 0 Å². The first-order valence-electron chi connectivity index (χ1n) is 5.52. The summed E-state index contributed by atoms with van der Waals surface area (Å²) in [4.78, 5) is 16.1. The van der Waals surface area contributed by atoms with Crippen molar-refractivity contribution >= 4 is 28.4 Å². The fourth-order valence-corrected chi connectivity index (χ4v) is 2.00. The first-order chi connectivity index (χ1) is 9.19. The Morgan fingerprint density at radius 3 is 3.05 bits per heavy atom. The SMILES string of the molecule is C#CCNC(=O)c1cnc2c(OC)cccc2c1Cl. The Morgan fingerprint density at radius 2 is 2.37 bits per heavy atom. The van der Waals surface area contributed by atoms with Crippen LogP contribution < -0.4 is 10.1 Å². The van der Waals surface area contributed by atoms with E-state index in [1.54, 1.807) is 25.3 Å². The van der Waals surface area contributed by atoms with Crippen molar-refractivity contribution in [1.82, 2.24) is 10.3 Å². The monoisotopic (exact) mass is 274 g/mol. The van der Waals surface area contributed by atoms with E-state index in [0.29, 0.717) is 21.7 Å². The summed E-state index contributed by atoms with van der Waals surface area (Å²) in [7, 11) is 1.55. The van der Waals surface area contributed by atoms with E-state index >= 15 is 0 Å². The number of nitrogens with one attached hydrogen (secondary N) is 1. The van der Waals surface area contributed by atoms with Crippen molar-refractivity contribution in [3.05, 3.63) is 35.0 Å². The summed E-state index contributed by atoms with van der Waals surface area (Å²) in [5.74, 6) is 2.59. The number of hydrogen-bond acceptors (Lipinski definition) is 3. The van der Waals surface area contributed by atoms with Gasteiger partial charge in [0.2, 0.25) is 0 Å². The van der Waals surface area contributed by atoms with Crippen molar-refractivity contribution in [2.75, 3.05) is 13.7 Å². The standard InChI is InChI=1S/C14H11ClN2O2/c1-3-7-16-14(18)10-8-17-13-9(12(10)15)5-4-6-11(13)19-2/h1,4-6,8H,7H2,2H3,(H,16,18). The minimum atomic E-state index is -0.347. The molecule has 1 N–H and O–H groups in total. The number of methoxy groups -OCH3 is 1. The van der Waals surface area contributed by atoms with Gasteiger partial charge in [0.05, 0.1) is 24.2 Å². The van der Waals surface area contributed by atoms with Gasteiger partial charge in [-0.05, 0) is 6.07 Å². The van der Waals surface area contributed by atoms with Gasteiger partial charge in [0.1, 0.15) is 11.3 Å². The molecule has 2 aromatic rings. The zero-order valence-electron chi connectivity index (χ0n) is 10.2. The third-order valence-corrected chi connectivity index (χ3v) is 3.02. The average molecular weight is 275 g/mol. The summed E-state index contributed by atoms with van der Waals surface area (Å²) < 4.78 is 5.20. The number of nitrogens with zero attached hydrogens (tertiary/aromatic N) is 1. The van der Waals surface area contributed by atoms with Crippen molar-refractivity contribution in [3.63, 3.8) is 0 Å². The molecular formula is C14H11ClN2O2. The fraction of sp³-hybridized carbons (Fsp3) is 0.143. The largest absolute Gasteiger partial charge is 0.494 e. The van der Waals surface area contributed by atoms with Crippen molar-refractivity contribution in [2.45, 2.75) is 0 Å². The molecule has 0 fully saturated rings. The Kier molecular flexibility index (Phi) is 3.88. The van der Waals surface area contributed by atoms with E-state index in [2.05, 4.69) is 16.2 Å². The summed E-state index contributed by atoms with van der Waals surface area (Å²) in [5, 5.41) is 3.55. The summed E-state index contributed by atoms with van der Waals surface area (Å²) in [5.41, 5.74) is 0.904. The Bertz CT molecular complexity index is 677. The molecule has 0 radical (unpaired) electrons. The van der Waals surface area contributed by atoms with Gasteiger partial charge in [-0.3, -0.25) is 9.78 Å². The van der Waals surface area contributed by atoms with E-state index in [-0.39, 0.29) is 18.0 Å². The lowest BCUT2D eigenvalue weighted by molar-refractivity contribution is 0.0958. The van der Waals surface area contributed by atoms with E-state index in [1.165, 1.54) is 6.20 Å². The molecule has 1 amide bonds. The minimum Gasteiger partial charge on any atom is -0.494 e. The smallest absolute Gasteiger partial charge is 0.255 e. The summed E-state index contributed by atoms with van der Waals surface area (Å²) in [6.07, 6.45) is 6.51. The van der Waals surface area contributed by atoms with Crippen LogP contribution in [-0.4, -0.2) is 24.5 Å². The number of hydrogen-bond donors (Lipinski definition) is 1. The molecule has 0 saturated carbocycles. The minimum absolute atomic E-state index is 0.144. The lowest BCUT2D eigenvalue weighted by Gasteiger charge is -2.09. The van der Waals surface area contributed by atoms with E-state index < -0.39 is 0 Å². The van der Waals surface area contributed by atoms with Gasteiger partial charge in [-0.2, -0.15) is 0 Å². The third-order valence-electron chi connectivity index (χ3n) is 2.61. The number of rotatable bonds is 3. The molecule has 1 heterocycles. The quantitative estimate of drug-likeness (QED) is 0.874. The number of para-hydroxylation sites is 1. The van der Waals surface area contributed by atoms with Crippen LogP contribution in [0, 0.1) is 12.3 Å². The highest BCUT2D eigenvalue weighted by molar-refractivity contribution is 6.38. The van der Waals surface area contributed by atoms with Crippen molar-refractivity contribution in [1.29, 1.82) is 0 Å². The summed E-state index contributed by atoms with van der Waals surface area (Å²) in [6.45, 7) is 0.144. The number of ether oxygens (including phenoxy) is 1. The van der Waals surface area contributed by atoms with Gasteiger partial charge in [0.25, 0.3) is 5.91 Å². The predicted molar refractivity (Wildman–Crippen MR) is 74.5 cm³/mol. The molecule has 0 saturated heterocycles. The lowest BCUT2D eigenvalue weighted by Crippen LogP contribution is -2.24. The molecule has 4 nitrogen and oxygen atoms in total. The summed E-state index contributed by atoms with van der Waals surface area (Å²) >= 11 is 6.24. The third kappa shape index (κ3) is 2.47. The molecule has 0 aliphatic carbocycles. The second-order valence-corrected chi connectivity index (χ2v) is 4.11. The highest BCUT2D eigenvalue weighted by Crippen LogP contribution is 2.30. The van der Waals surface area contributed by atoms with Crippen LogP contribution in [0.4, 0.5) is 0 Å². The zero-order chi connectivity index (χ0) is 13.8. The van der Waals surface area contributed by atoms with Crippen LogP contribution in [0.1, 0.15) is 10.4 Å². The van der Waals surface area contributed by atoms with Crippen LogP contribution in [0.25, 0.3) is 10.9 Å². The van der Waals surface area contributed by atoms with Gasteiger partial charge in [-0.1, -0.05) is 29.7 Å². The Hall–Kier alpha value is -2.25. The molecule has 0 atom stereocenters. The Morgan fingerprint density at radius 1 is 1.58 bits per heavy atom. The molecule has 5 heteroatoms. The highest BCUT2D eigenvalue weighted by Gasteiger charge is 2.15. The molecule has 96 valence electrons. The van der Waals surface area contributed by atoms with Crippen LogP contribution in [-0.2, 0) is 0 Å². The fourth-order valence-electron chi connectivity index (χ4n) is 1.71. The highest BCUT2D eigenvalue weighted by atomic mass is 35.5. The van der Waals surface area contributed by atoms with E-state index in [1.807, 2.05) is 0 Å². The molecule has 1 aromatic heterocycles. The molecule has 2 rings (SSSR count). The van der Waals surface area contributed by atoms with Gasteiger partial charge in [0, 0.05) is 11.6 Å². The van der Waals surface area contributed by atoms with Crippen molar-refractivity contribution in [3.8, 4) is 18.1 Å². The van der Waals surface area contributed by atoms with E-state index in [4.69, 9.17) is 22.8 Å². The van der Waals surface area contributed by atoms with E-state index in [9.17, 15) is 4.79 Å². The van der Waals surface area contributed by atoms with Gasteiger partial charge < -0.3 is 10.1 Å². The molecule has 1 aromatic carbocycles. The molecule has 19 heavy (non-hydrogen) atoms. The number of benzene rings is 1. The second kappa shape index (κ2) is 5.59. The summed E-state index contributed by atoms with van der Waals surface area (Å²) in [6, 6.07) is 5.35. The van der Waals surface area contributed by atoms with E-state index in [0.717, 1.165) is 0 Å². The number of halogens is 1. The Balaban J connectivity index is 2.53. The van der Waals surface area contributed by atoms with Gasteiger partial charge in [-0.25, -0.2) is 0 Å². The average Bonchev–Trinajstić information content (AvgIpc) is 2.44. The maximum absolute atomic E-state index is 11.9. The number of amides is 1. The number of fused-ring (bicyclic) bond motifs is 1. The normalized spacial score (nSPS) is 9.95. The van der Waals surface area contributed by atoms with Crippen molar-refractivity contribution < 1.29 is 9.53 Å². The lowest BCUT2D eigenvalue weighted by atomic mass is 10.1. The first-order valence-corrected chi connectivity index (χ1v) is 5.89. The van der Waals surface area contributed by atoms with Crippen molar-refractivity contribution in [2.24, 2.45) is 0 Å². The van der Waals surface area contributed by atoms with Crippen LogP contribution in [0.5, 0.6) is 5.75 Å². The predicted octanol–water partition coefficient (Wildman–Crippen LogP) is 2.26. The number of aromatic nitrogens is 1. The van der Waals surface area contributed by atoms with Gasteiger partial charge in [-0.15, -0.1) is 6.42 Å². The molecule has 0 bridgehead atoms. The number of carbonyl (C=O) groups is 1. The molecule has 0 unspecified atom stereocenters. The first kappa shape index (κ1) is 13.2. The number of pyridine rings is 1. The van der Waals surface area contributed by atoms with Gasteiger partial charge >= 0.3 is 0 Å². The number of terminal acetylenes is 1. The van der Waals surface area contributed by atoms with Crippen LogP contribution in [0.2, 0.25) is 5.02 Å². The maximum atomic E-state index is 11.9. The zero-order valence-corrected chi connectivity index (χ0v) is 11.0. The molecule has 0 aliphatic rings. The van der Waals surface area contributed by atoms with Crippen LogP contribution >= 0.6 is 11.6 Å². The topological polar surface area (TPSA) is 51.2 Å². The molecule has 0 aliphatic heterocycles. The van der Waals surface area contributed by atoms with Crippen LogP contribution in [0.15, 0.2) is 24.4 Å². The number of carbonyl (C=O) groups excluding carboxylic acids is 1. The maximum Gasteiger partial charge on any atom is 0.255 e. The Labute approximate surface area is 115 Å². The molecule has 0 spiro atoms. The molecular weight excluding hydrogens is 264 g/mol. The second-order valence-electron chi connectivity index (χ2n) is 3.73.